The summed E-state index contributed by atoms with van der Waals surface area (Å²) in [5, 5.41) is 3.40. The highest BCUT2D eigenvalue weighted by atomic mass is 19.4. The highest BCUT2D eigenvalue weighted by molar-refractivity contribution is 5.84. The number of amides is 1. The molecule has 2 aliphatic rings. The van der Waals surface area contributed by atoms with Crippen molar-refractivity contribution in [2.24, 2.45) is 5.92 Å². The first-order valence-electron chi connectivity index (χ1n) is 13.0. The van der Waals surface area contributed by atoms with E-state index in [1.165, 1.54) is 7.11 Å². The molecule has 1 heterocycles. The molecule has 2 saturated carbocycles. The van der Waals surface area contributed by atoms with Gasteiger partial charge in [0.2, 0.25) is 5.82 Å². The minimum atomic E-state index is -4.89. The molecular formula is C28H33F3N4O3. The lowest BCUT2D eigenvalue weighted by molar-refractivity contribution is -0.189. The molecule has 2 atom stereocenters. The molecule has 7 nitrogen and oxygen atoms in total. The van der Waals surface area contributed by atoms with Crippen LogP contribution >= 0.6 is 0 Å². The topological polar surface area (TPSA) is 84.4 Å². The average molecular weight is 531 g/mol. The van der Waals surface area contributed by atoms with Crippen LogP contribution in [0.25, 0.3) is 6.08 Å². The van der Waals surface area contributed by atoms with E-state index in [0.29, 0.717) is 38.6 Å². The lowest BCUT2D eigenvalue weighted by Crippen LogP contribution is -2.51. The first-order chi connectivity index (χ1) is 18.2. The number of carbonyl (C=O) groups excluding carboxylic acids is 2. The zero-order valence-electron chi connectivity index (χ0n) is 21.6. The summed E-state index contributed by atoms with van der Waals surface area (Å²) in [6.07, 6.45) is 3.86. The van der Waals surface area contributed by atoms with Crippen molar-refractivity contribution in [2.75, 3.05) is 7.11 Å². The molecule has 2 aromatic rings. The van der Waals surface area contributed by atoms with E-state index < -0.39 is 30.1 Å². The van der Waals surface area contributed by atoms with E-state index in [1.807, 2.05) is 43.3 Å². The standard InChI is InChI=1S/C28H33F3N4O3/c1-3-20(13-18-7-5-4-6-8-18)23-14-24(23)35(27(37)28(29,30)31)22-11-9-21(10-12-22)32-15-19-16-33-25(34-17-19)26(36)38-2/h4-8,13,16-17,21-24,32H,3,9-12,14-15H2,1-2H3/b20-13+. The molecule has 0 aliphatic heterocycles. The molecule has 2 fully saturated rings. The van der Waals surface area contributed by atoms with Crippen molar-refractivity contribution in [2.45, 2.75) is 76.3 Å². The molecule has 0 saturated heterocycles. The van der Waals surface area contributed by atoms with Crippen LogP contribution in [0.3, 0.4) is 0 Å². The molecule has 0 radical (unpaired) electrons. The first-order valence-corrected chi connectivity index (χ1v) is 13.0. The number of nitrogens with zero attached hydrogens (tertiary/aromatic N) is 3. The van der Waals surface area contributed by atoms with Crippen LogP contribution < -0.4 is 5.32 Å². The van der Waals surface area contributed by atoms with Gasteiger partial charge in [-0.3, -0.25) is 4.79 Å². The highest BCUT2D eigenvalue weighted by Gasteiger charge is 2.54. The van der Waals surface area contributed by atoms with Gasteiger partial charge in [0.05, 0.1) is 7.11 Å². The summed E-state index contributed by atoms with van der Waals surface area (Å²) in [6, 6.07) is 8.98. The Hall–Kier alpha value is -3.27. The van der Waals surface area contributed by atoms with Gasteiger partial charge in [-0.05, 0) is 44.1 Å². The molecule has 10 heteroatoms. The predicted molar refractivity (Wildman–Crippen MR) is 136 cm³/mol. The summed E-state index contributed by atoms with van der Waals surface area (Å²) in [4.78, 5) is 33.2. The van der Waals surface area contributed by atoms with Crippen LogP contribution in [-0.4, -0.2) is 58.2 Å². The number of methoxy groups -OCH3 is 1. The van der Waals surface area contributed by atoms with Gasteiger partial charge >= 0.3 is 18.1 Å². The zero-order chi connectivity index (χ0) is 27.3. The van der Waals surface area contributed by atoms with Gasteiger partial charge in [0.25, 0.3) is 0 Å². The number of alkyl halides is 3. The maximum Gasteiger partial charge on any atom is 0.471 e. The lowest BCUT2D eigenvalue weighted by atomic mass is 9.89. The summed E-state index contributed by atoms with van der Waals surface area (Å²) in [5.74, 6) is -2.40. The second-order valence-electron chi connectivity index (χ2n) is 9.90. The Balaban J connectivity index is 1.37. The maximum atomic E-state index is 13.6. The van der Waals surface area contributed by atoms with E-state index in [2.05, 4.69) is 20.0 Å². The van der Waals surface area contributed by atoms with Crippen molar-refractivity contribution in [3.8, 4) is 0 Å². The van der Waals surface area contributed by atoms with Crippen molar-refractivity contribution in [1.82, 2.24) is 20.2 Å². The number of halogens is 3. The fraction of sp³-hybridized carbons (Fsp3) is 0.500. The van der Waals surface area contributed by atoms with Crippen molar-refractivity contribution in [3.05, 3.63) is 65.2 Å². The molecule has 1 amide bonds. The number of ether oxygens (including phenoxy) is 1. The van der Waals surface area contributed by atoms with Crippen LogP contribution in [0, 0.1) is 5.92 Å². The summed E-state index contributed by atoms with van der Waals surface area (Å²) in [5.41, 5.74) is 2.88. The van der Waals surface area contributed by atoms with Crippen LogP contribution in [0.15, 0.2) is 48.3 Å². The second kappa shape index (κ2) is 12.1. The summed E-state index contributed by atoms with van der Waals surface area (Å²) in [6.45, 7) is 2.47. The minimum absolute atomic E-state index is 0.0191. The summed E-state index contributed by atoms with van der Waals surface area (Å²) >= 11 is 0. The van der Waals surface area contributed by atoms with Gasteiger partial charge < -0.3 is 15.0 Å². The minimum Gasteiger partial charge on any atom is -0.463 e. The SMILES string of the molecule is CC/C(=C\c1ccccc1)C1CC1N(C(=O)C(F)(F)F)C1CCC(NCc2cnc(C(=O)OC)nc2)CC1. The number of nitrogens with one attached hydrogen (secondary N) is 1. The predicted octanol–water partition coefficient (Wildman–Crippen LogP) is 4.94. The van der Waals surface area contributed by atoms with Crippen LogP contribution in [0.2, 0.25) is 0 Å². The Kier molecular flexibility index (Phi) is 8.81. The van der Waals surface area contributed by atoms with Crippen LogP contribution in [-0.2, 0) is 16.1 Å². The first kappa shape index (κ1) is 27.8. The second-order valence-corrected chi connectivity index (χ2v) is 9.90. The van der Waals surface area contributed by atoms with Crippen LogP contribution in [0.4, 0.5) is 13.2 Å². The molecule has 204 valence electrons. The normalized spacial score (nSPS) is 23.6. The van der Waals surface area contributed by atoms with E-state index in [0.717, 1.165) is 28.0 Å². The number of esters is 1. The molecule has 0 bridgehead atoms. The van der Waals surface area contributed by atoms with Gasteiger partial charge in [0, 0.05) is 48.5 Å². The number of benzene rings is 1. The quantitative estimate of drug-likeness (QED) is 0.463. The van der Waals surface area contributed by atoms with Crippen LogP contribution in [0.1, 0.15) is 67.2 Å². The van der Waals surface area contributed by atoms with Gasteiger partial charge in [-0.15, -0.1) is 0 Å². The Morgan fingerprint density at radius 3 is 2.34 bits per heavy atom. The van der Waals surface area contributed by atoms with E-state index in [-0.39, 0.29) is 17.8 Å². The third-order valence-electron chi connectivity index (χ3n) is 7.39. The van der Waals surface area contributed by atoms with Crippen molar-refractivity contribution in [3.63, 3.8) is 0 Å². The summed E-state index contributed by atoms with van der Waals surface area (Å²) < 4.78 is 45.5. The Morgan fingerprint density at radius 2 is 1.76 bits per heavy atom. The fourth-order valence-corrected chi connectivity index (χ4v) is 5.32. The Bertz CT molecular complexity index is 1130. The van der Waals surface area contributed by atoms with Gasteiger partial charge in [0.1, 0.15) is 0 Å². The lowest BCUT2D eigenvalue weighted by Gasteiger charge is -2.38. The van der Waals surface area contributed by atoms with E-state index in [9.17, 15) is 22.8 Å². The number of aromatic nitrogens is 2. The van der Waals surface area contributed by atoms with E-state index in [4.69, 9.17) is 0 Å². The van der Waals surface area contributed by atoms with E-state index in [1.54, 1.807) is 12.4 Å². The third kappa shape index (κ3) is 6.78. The molecule has 38 heavy (non-hydrogen) atoms. The Labute approximate surface area is 220 Å². The maximum absolute atomic E-state index is 13.6. The summed E-state index contributed by atoms with van der Waals surface area (Å²) in [7, 11) is 1.26. The third-order valence-corrected chi connectivity index (χ3v) is 7.39. The van der Waals surface area contributed by atoms with Gasteiger partial charge in [-0.1, -0.05) is 48.9 Å². The van der Waals surface area contributed by atoms with Crippen molar-refractivity contribution >= 4 is 18.0 Å². The van der Waals surface area contributed by atoms with Gasteiger partial charge in [-0.2, -0.15) is 13.2 Å². The average Bonchev–Trinajstić information content (AvgIpc) is 3.71. The van der Waals surface area contributed by atoms with E-state index >= 15 is 0 Å². The number of hydrogen-bond acceptors (Lipinski definition) is 6. The zero-order valence-corrected chi connectivity index (χ0v) is 21.6. The molecule has 2 unspecified atom stereocenters. The molecule has 2 aliphatic carbocycles. The smallest absolute Gasteiger partial charge is 0.463 e. The molecule has 1 aromatic heterocycles. The van der Waals surface area contributed by atoms with Crippen LogP contribution in [0.5, 0.6) is 0 Å². The number of rotatable bonds is 9. The van der Waals surface area contributed by atoms with Crippen molar-refractivity contribution in [1.29, 1.82) is 0 Å². The Morgan fingerprint density at radius 1 is 1.11 bits per heavy atom. The van der Waals surface area contributed by atoms with Gasteiger partial charge in [-0.25, -0.2) is 14.8 Å². The molecule has 4 rings (SSSR count). The van der Waals surface area contributed by atoms with Crippen molar-refractivity contribution < 1.29 is 27.5 Å². The highest BCUT2D eigenvalue weighted by Crippen LogP contribution is 2.47. The largest absolute Gasteiger partial charge is 0.471 e. The molecule has 1 aromatic carbocycles. The monoisotopic (exact) mass is 530 g/mol. The number of hydrogen-bond donors (Lipinski definition) is 1. The van der Waals surface area contributed by atoms with Gasteiger partial charge in [0.15, 0.2) is 0 Å². The molecule has 1 N–H and O–H groups in total. The molecular weight excluding hydrogens is 497 g/mol. The molecule has 0 spiro atoms. The fourth-order valence-electron chi connectivity index (χ4n) is 5.32. The number of carbonyl (C=O) groups is 2.